The summed E-state index contributed by atoms with van der Waals surface area (Å²) in [5.41, 5.74) is 5.69. The summed E-state index contributed by atoms with van der Waals surface area (Å²) < 4.78 is 0. The quantitative estimate of drug-likeness (QED) is 0.759. The van der Waals surface area contributed by atoms with E-state index in [1.54, 1.807) is 11.3 Å². The largest absolute Gasteiger partial charge is 0.329 e. The van der Waals surface area contributed by atoms with Gasteiger partial charge in [-0.3, -0.25) is 0 Å². The van der Waals surface area contributed by atoms with Crippen LogP contribution >= 0.6 is 11.3 Å². The fourth-order valence-corrected chi connectivity index (χ4v) is 1.98. The highest BCUT2D eigenvalue weighted by molar-refractivity contribution is 7.10. The molecule has 0 aliphatic carbocycles. The molecule has 0 amide bonds. The van der Waals surface area contributed by atoms with Crippen LogP contribution in [0.25, 0.3) is 0 Å². The number of nitrogens with one attached hydrogen (secondary N) is 1. The van der Waals surface area contributed by atoms with Crippen molar-refractivity contribution in [2.45, 2.75) is 19.9 Å². The van der Waals surface area contributed by atoms with Gasteiger partial charge in [0.05, 0.1) is 6.04 Å². The molecular formula is C10H18N2S. The van der Waals surface area contributed by atoms with Gasteiger partial charge in [-0.1, -0.05) is 19.9 Å². The van der Waals surface area contributed by atoms with E-state index in [1.165, 1.54) is 4.88 Å². The van der Waals surface area contributed by atoms with Crippen LogP contribution in [0.15, 0.2) is 17.5 Å². The standard InChI is InChI=1S/C10H18N2S/c1-8(2)7-12-9(6-11)10-4-3-5-13-10/h3-5,8-9,12H,6-7,11H2,1-2H3. The van der Waals surface area contributed by atoms with Crippen molar-refractivity contribution >= 4 is 11.3 Å². The molecule has 2 nitrogen and oxygen atoms in total. The number of nitrogens with two attached hydrogens (primary N) is 1. The molecule has 0 aliphatic heterocycles. The molecule has 0 saturated heterocycles. The zero-order valence-corrected chi connectivity index (χ0v) is 9.10. The van der Waals surface area contributed by atoms with Gasteiger partial charge >= 0.3 is 0 Å². The van der Waals surface area contributed by atoms with E-state index in [4.69, 9.17) is 5.73 Å². The predicted molar refractivity (Wildman–Crippen MR) is 59.0 cm³/mol. The van der Waals surface area contributed by atoms with Gasteiger partial charge in [0.25, 0.3) is 0 Å². The third-order valence-electron chi connectivity index (χ3n) is 1.89. The van der Waals surface area contributed by atoms with Crippen molar-refractivity contribution in [2.75, 3.05) is 13.1 Å². The van der Waals surface area contributed by atoms with Crippen LogP contribution in [0, 0.1) is 5.92 Å². The van der Waals surface area contributed by atoms with Crippen LogP contribution < -0.4 is 11.1 Å². The Morgan fingerprint density at radius 2 is 2.31 bits per heavy atom. The predicted octanol–water partition coefficient (Wildman–Crippen LogP) is 1.99. The van der Waals surface area contributed by atoms with Gasteiger partial charge in [-0.15, -0.1) is 11.3 Å². The first-order chi connectivity index (χ1) is 6.24. The van der Waals surface area contributed by atoms with E-state index < -0.39 is 0 Å². The van der Waals surface area contributed by atoms with Crippen molar-refractivity contribution in [1.29, 1.82) is 0 Å². The Bertz CT molecular complexity index is 219. The first-order valence-electron chi connectivity index (χ1n) is 4.71. The molecule has 3 N–H and O–H groups in total. The lowest BCUT2D eigenvalue weighted by molar-refractivity contribution is 0.483. The molecule has 74 valence electrons. The Labute approximate surface area is 84.2 Å². The smallest absolute Gasteiger partial charge is 0.0539 e. The topological polar surface area (TPSA) is 38.0 Å². The Kier molecular flexibility index (Phi) is 4.42. The van der Waals surface area contributed by atoms with Crippen LogP contribution in [0.2, 0.25) is 0 Å². The Morgan fingerprint density at radius 3 is 2.77 bits per heavy atom. The SMILES string of the molecule is CC(C)CNC(CN)c1cccs1. The first-order valence-corrected chi connectivity index (χ1v) is 5.59. The van der Waals surface area contributed by atoms with E-state index in [-0.39, 0.29) is 0 Å². The van der Waals surface area contributed by atoms with Crippen LogP contribution in [-0.2, 0) is 0 Å². The highest BCUT2D eigenvalue weighted by Crippen LogP contribution is 2.17. The number of thiophene rings is 1. The Hall–Kier alpha value is -0.380. The summed E-state index contributed by atoms with van der Waals surface area (Å²) >= 11 is 1.76. The minimum absolute atomic E-state index is 0.336. The molecule has 1 unspecified atom stereocenters. The van der Waals surface area contributed by atoms with E-state index in [9.17, 15) is 0 Å². The molecule has 1 rings (SSSR count). The lowest BCUT2D eigenvalue weighted by atomic mass is 10.2. The summed E-state index contributed by atoms with van der Waals surface area (Å²) in [6, 6.07) is 4.54. The van der Waals surface area contributed by atoms with Crippen molar-refractivity contribution in [1.82, 2.24) is 5.32 Å². The maximum absolute atomic E-state index is 5.69. The van der Waals surface area contributed by atoms with E-state index >= 15 is 0 Å². The van der Waals surface area contributed by atoms with Crippen LogP contribution in [0.4, 0.5) is 0 Å². The minimum Gasteiger partial charge on any atom is -0.329 e. The number of hydrogen-bond acceptors (Lipinski definition) is 3. The molecule has 0 aliphatic rings. The van der Waals surface area contributed by atoms with Crippen LogP contribution in [0.1, 0.15) is 24.8 Å². The van der Waals surface area contributed by atoms with Gasteiger partial charge < -0.3 is 11.1 Å². The molecule has 13 heavy (non-hydrogen) atoms. The van der Waals surface area contributed by atoms with Gasteiger partial charge in [-0.05, 0) is 23.9 Å². The van der Waals surface area contributed by atoms with Gasteiger partial charge in [-0.25, -0.2) is 0 Å². The lowest BCUT2D eigenvalue weighted by Crippen LogP contribution is -2.30. The van der Waals surface area contributed by atoms with Crippen molar-refractivity contribution < 1.29 is 0 Å². The summed E-state index contributed by atoms with van der Waals surface area (Å²) in [7, 11) is 0. The maximum atomic E-state index is 5.69. The van der Waals surface area contributed by atoms with E-state index in [0.29, 0.717) is 18.5 Å². The summed E-state index contributed by atoms with van der Waals surface area (Å²) in [6.45, 7) is 6.11. The first kappa shape index (κ1) is 10.7. The molecule has 1 atom stereocenters. The van der Waals surface area contributed by atoms with Crippen LogP contribution in [0.5, 0.6) is 0 Å². The average Bonchev–Trinajstić information content (AvgIpc) is 2.58. The van der Waals surface area contributed by atoms with Crippen molar-refractivity contribution in [3.05, 3.63) is 22.4 Å². The number of hydrogen-bond donors (Lipinski definition) is 2. The van der Waals surface area contributed by atoms with E-state index in [2.05, 4.69) is 36.7 Å². The van der Waals surface area contributed by atoms with Crippen LogP contribution in [-0.4, -0.2) is 13.1 Å². The zero-order chi connectivity index (χ0) is 9.68. The van der Waals surface area contributed by atoms with Crippen molar-refractivity contribution in [2.24, 2.45) is 11.7 Å². The normalized spacial score (nSPS) is 13.5. The summed E-state index contributed by atoms with van der Waals surface area (Å²) in [4.78, 5) is 1.34. The molecule has 0 bridgehead atoms. The zero-order valence-electron chi connectivity index (χ0n) is 8.29. The molecule has 0 radical (unpaired) electrons. The average molecular weight is 198 g/mol. The molecule has 1 aromatic rings. The molecule has 1 heterocycles. The second-order valence-corrected chi connectivity index (χ2v) is 4.59. The Balaban J connectivity index is 2.44. The van der Waals surface area contributed by atoms with E-state index in [1.807, 2.05) is 0 Å². The molecule has 0 saturated carbocycles. The van der Waals surface area contributed by atoms with Gasteiger partial charge in [0.2, 0.25) is 0 Å². The van der Waals surface area contributed by atoms with Crippen LogP contribution in [0.3, 0.4) is 0 Å². The maximum Gasteiger partial charge on any atom is 0.0539 e. The summed E-state index contributed by atoms with van der Waals surface area (Å²) in [5.74, 6) is 0.675. The van der Waals surface area contributed by atoms with Gasteiger partial charge in [-0.2, -0.15) is 0 Å². The molecular weight excluding hydrogens is 180 g/mol. The highest BCUT2D eigenvalue weighted by Gasteiger charge is 2.09. The number of rotatable bonds is 5. The third-order valence-corrected chi connectivity index (χ3v) is 2.88. The fraction of sp³-hybridized carbons (Fsp3) is 0.600. The second-order valence-electron chi connectivity index (χ2n) is 3.61. The monoisotopic (exact) mass is 198 g/mol. The van der Waals surface area contributed by atoms with Gasteiger partial charge in [0, 0.05) is 11.4 Å². The van der Waals surface area contributed by atoms with Gasteiger partial charge in [0.1, 0.15) is 0 Å². The molecule has 3 heteroatoms. The van der Waals surface area contributed by atoms with E-state index in [0.717, 1.165) is 6.54 Å². The van der Waals surface area contributed by atoms with Crippen molar-refractivity contribution in [3.63, 3.8) is 0 Å². The summed E-state index contributed by atoms with van der Waals surface area (Å²) in [6.07, 6.45) is 0. The molecule has 0 spiro atoms. The molecule has 0 aromatic carbocycles. The van der Waals surface area contributed by atoms with Gasteiger partial charge in [0.15, 0.2) is 0 Å². The summed E-state index contributed by atoms with van der Waals surface area (Å²) in [5, 5.41) is 5.55. The fourth-order valence-electron chi connectivity index (χ4n) is 1.17. The lowest BCUT2D eigenvalue weighted by Gasteiger charge is -2.16. The third kappa shape index (κ3) is 3.46. The second kappa shape index (κ2) is 5.37. The minimum atomic E-state index is 0.336. The Morgan fingerprint density at radius 1 is 1.54 bits per heavy atom. The molecule has 1 aromatic heterocycles. The molecule has 0 fully saturated rings. The highest BCUT2D eigenvalue weighted by atomic mass is 32.1. The van der Waals surface area contributed by atoms with Crippen molar-refractivity contribution in [3.8, 4) is 0 Å².